The van der Waals surface area contributed by atoms with Crippen LogP contribution in [-0.2, 0) is 28.6 Å². The van der Waals surface area contributed by atoms with Crippen molar-refractivity contribution >= 4 is 17.9 Å². The first kappa shape index (κ1) is 77.3. The summed E-state index contributed by atoms with van der Waals surface area (Å²) in [5, 5.41) is 0. The molecule has 1 atom stereocenters. The van der Waals surface area contributed by atoms with E-state index in [1.165, 1.54) is 167 Å². The van der Waals surface area contributed by atoms with Crippen LogP contribution < -0.4 is 0 Å². The lowest BCUT2D eigenvalue weighted by Crippen LogP contribution is -2.30. The highest BCUT2D eigenvalue weighted by atomic mass is 16.6. The summed E-state index contributed by atoms with van der Waals surface area (Å²) in [5.41, 5.74) is 0. The third kappa shape index (κ3) is 67.0. The van der Waals surface area contributed by atoms with E-state index in [-0.39, 0.29) is 31.1 Å². The highest BCUT2D eigenvalue weighted by Crippen LogP contribution is 2.18. The molecule has 0 aromatic heterocycles. The van der Waals surface area contributed by atoms with Crippen LogP contribution in [0.1, 0.15) is 342 Å². The Morgan fingerprint density at radius 3 is 0.765 bits per heavy atom. The lowest BCUT2D eigenvalue weighted by molar-refractivity contribution is -0.167. The molecular formula is C75H130O6. The maximum atomic E-state index is 12.9. The topological polar surface area (TPSA) is 78.9 Å². The summed E-state index contributed by atoms with van der Waals surface area (Å²) in [6.45, 7) is 6.41. The number of esters is 3. The van der Waals surface area contributed by atoms with E-state index in [9.17, 15) is 14.4 Å². The lowest BCUT2D eigenvalue weighted by atomic mass is 10.0. The molecule has 0 heterocycles. The average Bonchev–Trinajstić information content (AvgIpc) is 3.46. The summed E-state index contributed by atoms with van der Waals surface area (Å²) < 4.78 is 16.9. The van der Waals surface area contributed by atoms with Gasteiger partial charge in [-0.2, -0.15) is 0 Å². The van der Waals surface area contributed by atoms with E-state index in [1.807, 2.05) is 0 Å². The molecule has 0 aromatic carbocycles. The van der Waals surface area contributed by atoms with Crippen molar-refractivity contribution in [2.45, 2.75) is 348 Å². The number of ether oxygens (including phenoxy) is 3. The van der Waals surface area contributed by atoms with Gasteiger partial charge in [0, 0.05) is 19.3 Å². The van der Waals surface area contributed by atoms with Crippen LogP contribution in [0.2, 0.25) is 0 Å². The van der Waals surface area contributed by atoms with Gasteiger partial charge in [0.25, 0.3) is 0 Å². The maximum Gasteiger partial charge on any atom is 0.306 e. The van der Waals surface area contributed by atoms with Crippen molar-refractivity contribution in [2.24, 2.45) is 0 Å². The maximum absolute atomic E-state index is 12.9. The van der Waals surface area contributed by atoms with Crippen LogP contribution >= 0.6 is 0 Å². The smallest absolute Gasteiger partial charge is 0.306 e. The van der Waals surface area contributed by atoms with Gasteiger partial charge < -0.3 is 14.2 Å². The molecule has 0 N–H and O–H groups in total. The summed E-state index contributed by atoms with van der Waals surface area (Å²) in [6, 6.07) is 0. The van der Waals surface area contributed by atoms with Gasteiger partial charge in [-0.25, -0.2) is 0 Å². The van der Waals surface area contributed by atoms with Crippen LogP contribution in [0.5, 0.6) is 0 Å². The van der Waals surface area contributed by atoms with Gasteiger partial charge in [-0.05, 0) is 96.3 Å². The number of carbonyl (C=O) groups excluding carboxylic acids is 3. The zero-order valence-corrected chi connectivity index (χ0v) is 53.5. The molecule has 0 radical (unpaired) electrons. The van der Waals surface area contributed by atoms with Crippen LogP contribution in [0, 0.1) is 0 Å². The molecule has 0 aliphatic rings. The third-order valence-corrected chi connectivity index (χ3v) is 15.1. The van der Waals surface area contributed by atoms with Gasteiger partial charge >= 0.3 is 17.9 Å². The van der Waals surface area contributed by atoms with Crippen LogP contribution in [0.15, 0.2) is 97.2 Å². The Kier molecular flexibility index (Phi) is 65.7. The van der Waals surface area contributed by atoms with E-state index in [4.69, 9.17) is 14.2 Å². The third-order valence-electron chi connectivity index (χ3n) is 15.1. The number of hydrogen-bond donors (Lipinski definition) is 0. The molecule has 1 unspecified atom stereocenters. The molecule has 0 saturated heterocycles. The van der Waals surface area contributed by atoms with Crippen molar-refractivity contribution in [3.63, 3.8) is 0 Å². The van der Waals surface area contributed by atoms with Crippen LogP contribution in [0.25, 0.3) is 0 Å². The van der Waals surface area contributed by atoms with Gasteiger partial charge in [-0.1, -0.05) is 323 Å². The Morgan fingerprint density at radius 1 is 0.259 bits per heavy atom. The first-order valence-electron chi connectivity index (χ1n) is 34.7. The van der Waals surface area contributed by atoms with Crippen molar-refractivity contribution in [2.75, 3.05) is 13.2 Å². The zero-order valence-electron chi connectivity index (χ0n) is 53.5. The Labute approximate surface area is 502 Å². The molecule has 6 nitrogen and oxygen atoms in total. The fourth-order valence-electron chi connectivity index (χ4n) is 9.96. The fraction of sp³-hybridized carbons (Fsp3) is 0.747. The molecule has 0 saturated carbocycles. The SMILES string of the molecule is CC/C=C\C/C=C\C/C=C\C/C=C\C/C=C\CCCCCCCC(=O)OC(COC(=O)CCCCC/C=C\C/C=C\C/C=C\CC)COC(=O)CCCCCCCCCCCCCCCCCCCCCCCCCCCCCCC. The quantitative estimate of drug-likeness (QED) is 0.0261. The van der Waals surface area contributed by atoms with Crippen molar-refractivity contribution in [1.29, 1.82) is 0 Å². The van der Waals surface area contributed by atoms with Crippen molar-refractivity contribution in [3.8, 4) is 0 Å². The second-order valence-electron chi connectivity index (χ2n) is 23.0. The van der Waals surface area contributed by atoms with Crippen LogP contribution in [0.4, 0.5) is 0 Å². The highest BCUT2D eigenvalue weighted by molar-refractivity contribution is 5.71. The monoisotopic (exact) mass is 1130 g/mol. The minimum absolute atomic E-state index is 0.0931. The number of carbonyl (C=O) groups is 3. The fourth-order valence-corrected chi connectivity index (χ4v) is 9.96. The van der Waals surface area contributed by atoms with Crippen LogP contribution in [-0.4, -0.2) is 37.2 Å². The van der Waals surface area contributed by atoms with Crippen LogP contribution in [0.3, 0.4) is 0 Å². The first-order chi connectivity index (χ1) is 40.0. The average molecular weight is 1130 g/mol. The van der Waals surface area contributed by atoms with Gasteiger partial charge in [-0.15, -0.1) is 0 Å². The first-order valence-corrected chi connectivity index (χ1v) is 34.7. The van der Waals surface area contributed by atoms with E-state index in [0.29, 0.717) is 19.3 Å². The van der Waals surface area contributed by atoms with Gasteiger partial charge in [0.15, 0.2) is 6.10 Å². The Hall–Kier alpha value is -3.67. The molecule has 6 heteroatoms. The molecule has 0 bridgehead atoms. The number of hydrogen-bond acceptors (Lipinski definition) is 6. The van der Waals surface area contributed by atoms with E-state index in [0.717, 1.165) is 135 Å². The van der Waals surface area contributed by atoms with E-state index in [1.54, 1.807) is 0 Å². The molecule has 0 aromatic rings. The van der Waals surface area contributed by atoms with Gasteiger partial charge in [0.05, 0.1) is 0 Å². The second kappa shape index (κ2) is 68.8. The van der Waals surface area contributed by atoms with Crippen molar-refractivity contribution in [3.05, 3.63) is 97.2 Å². The number of unbranched alkanes of at least 4 members (excludes halogenated alkanes) is 36. The highest BCUT2D eigenvalue weighted by Gasteiger charge is 2.19. The predicted molar refractivity (Wildman–Crippen MR) is 353 cm³/mol. The molecule has 466 valence electrons. The minimum Gasteiger partial charge on any atom is -0.462 e. The largest absolute Gasteiger partial charge is 0.462 e. The number of allylic oxidation sites excluding steroid dienone is 16. The van der Waals surface area contributed by atoms with Crippen molar-refractivity contribution in [1.82, 2.24) is 0 Å². The molecule has 81 heavy (non-hydrogen) atoms. The summed E-state index contributed by atoms with van der Waals surface area (Å²) >= 11 is 0. The van der Waals surface area contributed by atoms with E-state index < -0.39 is 6.10 Å². The molecule has 0 spiro atoms. The summed E-state index contributed by atoms with van der Waals surface area (Å²) in [4.78, 5) is 38.4. The van der Waals surface area contributed by atoms with Gasteiger partial charge in [-0.3, -0.25) is 14.4 Å². The molecule has 0 aliphatic carbocycles. The number of rotatable bonds is 63. The Morgan fingerprint density at radius 2 is 0.481 bits per heavy atom. The van der Waals surface area contributed by atoms with E-state index in [2.05, 4.69) is 118 Å². The predicted octanol–water partition coefficient (Wildman–Crippen LogP) is 24.0. The summed E-state index contributed by atoms with van der Waals surface area (Å²) in [5.74, 6) is -0.930. The lowest BCUT2D eigenvalue weighted by Gasteiger charge is -2.18. The molecule has 0 fully saturated rings. The van der Waals surface area contributed by atoms with Gasteiger partial charge in [0.2, 0.25) is 0 Å². The second-order valence-corrected chi connectivity index (χ2v) is 23.0. The molecule has 0 rings (SSSR count). The molecule has 0 amide bonds. The van der Waals surface area contributed by atoms with Gasteiger partial charge in [0.1, 0.15) is 13.2 Å². The molecular weight excluding hydrogens is 997 g/mol. The standard InChI is InChI=1S/C75H130O6/c1-4-7-10-13-16-19-22-25-27-29-31-33-34-35-36-37-38-39-40-42-43-45-47-50-53-56-59-62-65-68-74(77)80-71-72(70-79-73(76)67-64-61-58-55-52-49-24-21-18-15-12-9-6-3)81-75(78)69-66-63-60-57-54-51-48-46-44-41-32-30-28-26-23-20-17-14-11-8-5-2/h8-9,11-12,17-18,20-21,26,28,32,41,46,48-49,52,72H,4-7,10,13-16,19,22-25,27,29-31,33-40,42-45,47,50-51,53-71H2,1-3H3/b11-8-,12-9-,20-17-,21-18-,28-26-,41-32-,48-46-,52-49-. The minimum atomic E-state index is -0.802. The zero-order chi connectivity index (χ0) is 58.5. The normalized spacial score (nSPS) is 12.7. The summed E-state index contributed by atoms with van der Waals surface area (Å²) in [6.07, 6.45) is 93.1. The van der Waals surface area contributed by atoms with E-state index >= 15 is 0 Å². The summed E-state index contributed by atoms with van der Waals surface area (Å²) in [7, 11) is 0. The van der Waals surface area contributed by atoms with Crippen molar-refractivity contribution < 1.29 is 28.6 Å². The Balaban J connectivity index is 4.26. The Bertz CT molecular complexity index is 1580. The molecule has 0 aliphatic heterocycles.